The lowest BCUT2D eigenvalue weighted by molar-refractivity contribution is 0.301. The number of rotatable bonds is 6. The molecule has 0 aliphatic rings. The van der Waals surface area contributed by atoms with Crippen LogP contribution in [0.2, 0.25) is 5.02 Å². The van der Waals surface area contributed by atoms with E-state index in [0.29, 0.717) is 11.6 Å². The van der Waals surface area contributed by atoms with Crippen molar-refractivity contribution >= 4 is 11.6 Å². The maximum absolute atomic E-state index is 5.91. The summed E-state index contributed by atoms with van der Waals surface area (Å²) in [6, 6.07) is 13.3. The quantitative estimate of drug-likeness (QED) is 0.878. The van der Waals surface area contributed by atoms with E-state index in [-0.39, 0.29) is 0 Å². The third-order valence-corrected chi connectivity index (χ3v) is 2.84. The van der Waals surface area contributed by atoms with Gasteiger partial charge in [0.2, 0.25) is 0 Å². The molecule has 3 nitrogen and oxygen atoms in total. The zero-order chi connectivity index (χ0) is 13.5. The Morgan fingerprint density at radius 3 is 2.74 bits per heavy atom. The first kappa shape index (κ1) is 13.8. The molecule has 1 aromatic heterocycles. The minimum absolute atomic E-state index is 0.445. The third-order valence-electron chi connectivity index (χ3n) is 2.60. The van der Waals surface area contributed by atoms with Crippen LogP contribution < -0.4 is 10.1 Å². The number of nitrogens with zero attached hydrogens (tertiary/aromatic N) is 1. The normalized spacial score (nSPS) is 10.4. The van der Waals surface area contributed by atoms with Gasteiger partial charge in [0, 0.05) is 11.6 Å². The standard InChI is InChI=1S/C15H17ClN2O/c1-2-17-10-13-6-4-7-14(18-13)11-19-15-8-3-5-12(16)9-15/h3-9,17H,2,10-11H2,1H3. The fraction of sp³-hybridized carbons (Fsp3) is 0.267. The zero-order valence-electron chi connectivity index (χ0n) is 10.9. The molecule has 0 bridgehead atoms. The molecule has 4 heteroatoms. The van der Waals surface area contributed by atoms with Crippen LogP contribution in [-0.4, -0.2) is 11.5 Å². The molecule has 0 saturated heterocycles. The van der Waals surface area contributed by atoms with Gasteiger partial charge >= 0.3 is 0 Å². The summed E-state index contributed by atoms with van der Waals surface area (Å²) in [5.41, 5.74) is 1.93. The van der Waals surface area contributed by atoms with Crippen LogP contribution in [0.3, 0.4) is 0 Å². The molecule has 1 aromatic carbocycles. The smallest absolute Gasteiger partial charge is 0.130 e. The fourth-order valence-corrected chi connectivity index (χ4v) is 1.86. The van der Waals surface area contributed by atoms with Gasteiger partial charge in [0.05, 0.1) is 11.4 Å². The van der Waals surface area contributed by atoms with Gasteiger partial charge in [0.25, 0.3) is 0 Å². The maximum atomic E-state index is 5.91. The molecule has 0 unspecified atom stereocenters. The van der Waals surface area contributed by atoms with Crippen LogP contribution in [0.5, 0.6) is 5.75 Å². The van der Waals surface area contributed by atoms with Crippen LogP contribution >= 0.6 is 11.6 Å². The highest BCUT2D eigenvalue weighted by Gasteiger charge is 2.00. The summed E-state index contributed by atoms with van der Waals surface area (Å²) in [6.45, 7) is 4.23. The molecule has 0 saturated carbocycles. The molecular weight excluding hydrogens is 260 g/mol. The second kappa shape index (κ2) is 7.12. The first-order chi connectivity index (χ1) is 9.28. The molecule has 0 amide bonds. The lowest BCUT2D eigenvalue weighted by Crippen LogP contribution is -2.13. The highest BCUT2D eigenvalue weighted by atomic mass is 35.5. The fourth-order valence-electron chi connectivity index (χ4n) is 1.68. The Kier molecular flexibility index (Phi) is 5.19. The lowest BCUT2D eigenvalue weighted by Gasteiger charge is -2.07. The predicted octanol–water partition coefficient (Wildman–Crippen LogP) is 3.42. The predicted molar refractivity (Wildman–Crippen MR) is 77.4 cm³/mol. The van der Waals surface area contributed by atoms with Crippen LogP contribution in [0.15, 0.2) is 42.5 Å². The summed E-state index contributed by atoms with van der Waals surface area (Å²) in [5, 5.41) is 3.92. The van der Waals surface area contributed by atoms with Crippen molar-refractivity contribution in [1.29, 1.82) is 0 Å². The van der Waals surface area contributed by atoms with Gasteiger partial charge in [0.1, 0.15) is 12.4 Å². The Hall–Kier alpha value is -1.58. The van der Waals surface area contributed by atoms with E-state index in [0.717, 1.165) is 30.2 Å². The Bertz CT molecular complexity index is 531. The van der Waals surface area contributed by atoms with Gasteiger partial charge in [-0.15, -0.1) is 0 Å². The number of aromatic nitrogens is 1. The molecule has 0 fully saturated rings. The lowest BCUT2D eigenvalue weighted by atomic mass is 10.3. The molecule has 0 aliphatic carbocycles. The van der Waals surface area contributed by atoms with Gasteiger partial charge in [-0.05, 0) is 36.9 Å². The van der Waals surface area contributed by atoms with Crippen molar-refractivity contribution < 1.29 is 4.74 Å². The van der Waals surface area contributed by atoms with Crippen LogP contribution in [-0.2, 0) is 13.2 Å². The SMILES string of the molecule is CCNCc1cccc(COc2cccc(Cl)c2)n1. The summed E-state index contributed by atoms with van der Waals surface area (Å²) < 4.78 is 5.66. The summed E-state index contributed by atoms with van der Waals surface area (Å²) in [5.74, 6) is 0.756. The summed E-state index contributed by atoms with van der Waals surface area (Å²) >= 11 is 5.91. The van der Waals surface area contributed by atoms with Gasteiger partial charge in [-0.25, -0.2) is 0 Å². The van der Waals surface area contributed by atoms with Crippen molar-refractivity contribution in [3.8, 4) is 5.75 Å². The van der Waals surface area contributed by atoms with Gasteiger partial charge in [0.15, 0.2) is 0 Å². The van der Waals surface area contributed by atoms with Gasteiger partial charge < -0.3 is 10.1 Å². The minimum atomic E-state index is 0.445. The number of halogens is 1. The molecule has 0 spiro atoms. The van der Waals surface area contributed by atoms with Crippen molar-refractivity contribution in [2.75, 3.05) is 6.54 Å². The molecule has 1 N–H and O–H groups in total. The van der Waals surface area contributed by atoms with Gasteiger partial charge in [-0.3, -0.25) is 4.98 Å². The maximum Gasteiger partial charge on any atom is 0.130 e. The molecule has 0 aliphatic heterocycles. The number of nitrogens with one attached hydrogen (secondary N) is 1. The van der Waals surface area contributed by atoms with Crippen LogP contribution in [0.25, 0.3) is 0 Å². The number of hydrogen-bond donors (Lipinski definition) is 1. The number of ether oxygens (including phenoxy) is 1. The van der Waals surface area contributed by atoms with E-state index in [1.165, 1.54) is 0 Å². The Morgan fingerprint density at radius 1 is 1.16 bits per heavy atom. The molecule has 2 aromatic rings. The molecule has 2 rings (SSSR count). The highest BCUT2D eigenvalue weighted by molar-refractivity contribution is 6.30. The molecule has 100 valence electrons. The Labute approximate surface area is 118 Å². The molecule has 0 radical (unpaired) electrons. The molecule has 1 heterocycles. The minimum Gasteiger partial charge on any atom is -0.487 e. The number of hydrogen-bond acceptors (Lipinski definition) is 3. The second-order valence-electron chi connectivity index (χ2n) is 4.15. The van der Waals surface area contributed by atoms with Crippen molar-refractivity contribution in [3.63, 3.8) is 0 Å². The van der Waals surface area contributed by atoms with Crippen LogP contribution in [0.1, 0.15) is 18.3 Å². The van der Waals surface area contributed by atoms with Gasteiger partial charge in [-0.1, -0.05) is 30.7 Å². The van der Waals surface area contributed by atoms with Crippen molar-refractivity contribution in [3.05, 3.63) is 58.9 Å². The highest BCUT2D eigenvalue weighted by Crippen LogP contribution is 2.18. The molecule has 19 heavy (non-hydrogen) atoms. The van der Waals surface area contributed by atoms with E-state index >= 15 is 0 Å². The second-order valence-corrected chi connectivity index (χ2v) is 4.58. The average Bonchev–Trinajstić information content (AvgIpc) is 2.43. The van der Waals surface area contributed by atoms with E-state index in [4.69, 9.17) is 16.3 Å². The van der Waals surface area contributed by atoms with E-state index in [1.54, 1.807) is 6.07 Å². The third kappa shape index (κ3) is 4.54. The number of benzene rings is 1. The van der Waals surface area contributed by atoms with Crippen molar-refractivity contribution in [2.24, 2.45) is 0 Å². The zero-order valence-corrected chi connectivity index (χ0v) is 11.7. The van der Waals surface area contributed by atoms with E-state index in [2.05, 4.69) is 17.2 Å². The average molecular weight is 277 g/mol. The van der Waals surface area contributed by atoms with Gasteiger partial charge in [-0.2, -0.15) is 0 Å². The molecule has 0 atom stereocenters. The monoisotopic (exact) mass is 276 g/mol. The largest absolute Gasteiger partial charge is 0.487 e. The Morgan fingerprint density at radius 2 is 1.95 bits per heavy atom. The first-order valence-electron chi connectivity index (χ1n) is 6.32. The molecular formula is C15H17ClN2O. The van der Waals surface area contributed by atoms with E-state index < -0.39 is 0 Å². The van der Waals surface area contributed by atoms with Crippen LogP contribution in [0, 0.1) is 0 Å². The summed E-state index contributed by atoms with van der Waals surface area (Å²) in [6.07, 6.45) is 0. The van der Waals surface area contributed by atoms with Crippen LogP contribution in [0.4, 0.5) is 0 Å². The topological polar surface area (TPSA) is 34.1 Å². The summed E-state index contributed by atoms with van der Waals surface area (Å²) in [4.78, 5) is 4.53. The number of pyridine rings is 1. The van der Waals surface area contributed by atoms with Crippen molar-refractivity contribution in [1.82, 2.24) is 10.3 Å². The summed E-state index contributed by atoms with van der Waals surface area (Å²) in [7, 11) is 0. The van der Waals surface area contributed by atoms with Crippen molar-refractivity contribution in [2.45, 2.75) is 20.1 Å². The van der Waals surface area contributed by atoms with E-state index in [1.807, 2.05) is 36.4 Å². The Balaban J connectivity index is 1.95. The van der Waals surface area contributed by atoms with E-state index in [9.17, 15) is 0 Å². The first-order valence-corrected chi connectivity index (χ1v) is 6.69.